The minimum atomic E-state index is -0.00782. The molecule has 1 N–H and O–H groups in total. The summed E-state index contributed by atoms with van der Waals surface area (Å²) in [5.74, 6) is 0. The molecule has 2 atom stereocenters. The van der Waals surface area contributed by atoms with Gasteiger partial charge in [-0.2, -0.15) is 0 Å². The highest BCUT2D eigenvalue weighted by Crippen LogP contribution is 2.41. The molecule has 4 heterocycles. The van der Waals surface area contributed by atoms with Crippen molar-refractivity contribution < 1.29 is 4.74 Å². The van der Waals surface area contributed by atoms with Gasteiger partial charge in [-0.25, -0.2) is 0 Å². The fraction of sp³-hybridized carbons (Fsp3) is 0.385. The Morgan fingerprint density at radius 3 is 2.59 bits per heavy atom. The van der Waals surface area contributed by atoms with Crippen LogP contribution in [0.4, 0.5) is 0 Å². The molecule has 2 aliphatic heterocycles. The van der Waals surface area contributed by atoms with Crippen molar-refractivity contribution in [2.75, 3.05) is 39.4 Å². The number of nitrogens with one attached hydrogen (secondary N) is 1. The third-order valence-corrected chi connectivity index (χ3v) is 7.86. The van der Waals surface area contributed by atoms with Gasteiger partial charge in [0, 0.05) is 48.2 Å². The number of ether oxygens (including phenoxy) is 1. The molecule has 0 spiro atoms. The normalized spacial score (nSPS) is 21.1. The van der Waals surface area contributed by atoms with Crippen molar-refractivity contribution in [1.29, 1.82) is 0 Å². The van der Waals surface area contributed by atoms with Crippen LogP contribution in [0.2, 0.25) is 0 Å². The van der Waals surface area contributed by atoms with E-state index in [0.717, 1.165) is 60.4 Å². The predicted molar refractivity (Wildman–Crippen MR) is 142 cm³/mol. The van der Waals surface area contributed by atoms with Gasteiger partial charge in [0.15, 0.2) is 5.11 Å². The highest BCUT2D eigenvalue weighted by Gasteiger charge is 2.41. The maximum Gasteiger partial charge on any atom is 0.170 e. The molecule has 2 fully saturated rings. The number of hydrogen-bond acceptors (Lipinski definition) is 4. The maximum atomic E-state index is 5.89. The Hall–Kier alpha value is -2.26. The van der Waals surface area contributed by atoms with Gasteiger partial charge in [0.25, 0.3) is 0 Å². The summed E-state index contributed by atoms with van der Waals surface area (Å²) in [6, 6.07) is 16.8. The summed E-state index contributed by atoms with van der Waals surface area (Å²) < 4.78 is 8.94. The minimum Gasteiger partial charge on any atom is -0.379 e. The number of aryl methyl sites for hydroxylation is 1. The standard InChI is InChI=1S/C26H30BrN5OS/c1-18-17-20(19(2)32(18)23-9-4-3-7-21(23)27)25-24(22-8-5-6-10-28-22)29-26(34)31(25)12-11-30-13-15-33-16-14-30/h3-10,17,24-25H,11-16H2,1-2H3,(H,29,34)/t24-,25-/m0/s1. The fourth-order valence-electron chi connectivity index (χ4n) is 5.15. The van der Waals surface area contributed by atoms with Gasteiger partial charge in [-0.05, 0) is 77.9 Å². The molecular weight excluding hydrogens is 510 g/mol. The van der Waals surface area contributed by atoms with E-state index in [-0.39, 0.29) is 12.1 Å². The number of morpholine rings is 1. The molecule has 0 saturated carbocycles. The number of nitrogens with zero attached hydrogens (tertiary/aromatic N) is 4. The molecule has 3 aromatic rings. The first-order chi connectivity index (χ1) is 16.5. The van der Waals surface area contributed by atoms with E-state index in [1.165, 1.54) is 17.0 Å². The smallest absolute Gasteiger partial charge is 0.170 e. The molecule has 0 unspecified atom stereocenters. The fourth-order valence-corrected chi connectivity index (χ4v) is 5.94. The summed E-state index contributed by atoms with van der Waals surface area (Å²) >= 11 is 9.63. The lowest BCUT2D eigenvalue weighted by Crippen LogP contribution is -2.42. The van der Waals surface area contributed by atoms with Gasteiger partial charge in [-0.1, -0.05) is 18.2 Å². The topological polar surface area (TPSA) is 45.6 Å². The van der Waals surface area contributed by atoms with Gasteiger partial charge in [0.1, 0.15) is 0 Å². The Bertz CT molecular complexity index is 1160. The van der Waals surface area contributed by atoms with Gasteiger partial charge in [-0.15, -0.1) is 0 Å². The van der Waals surface area contributed by atoms with Gasteiger partial charge < -0.3 is 19.5 Å². The van der Waals surface area contributed by atoms with E-state index in [0.29, 0.717) is 0 Å². The number of halogens is 1. The van der Waals surface area contributed by atoms with Crippen molar-refractivity contribution in [2.24, 2.45) is 0 Å². The lowest BCUT2D eigenvalue weighted by Gasteiger charge is -2.32. The summed E-state index contributed by atoms with van der Waals surface area (Å²) in [6.45, 7) is 9.74. The lowest BCUT2D eigenvalue weighted by atomic mass is 9.96. The first-order valence-corrected chi connectivity index (χ1v) is 13.0. The van der Waals surface area contributed by atoms with Crippen LogP contribution in [-0.4, -0.2) is 63.9 Å². The molecule has 2 saturated heterocycles. The average molecular weight is 541 g/mol. The SMILES string of the molecule is Cc1cc([C@H]2[C@H](c3ccccn3)NC(=S)N2CCN2CCOCC2)c(C)n1-c1ccccc1Br. The van der Waals surface area contributed by atoms with E-state index in [4.69, 9.17) is 21.9 Å². The van der Waals surface area contributed by atoms with Crippen LogP contribution in [0.5, 0.6) is 0 Å². The second-order valence-electron chi connectivity index (χ2n) is 8.89. The number of benzene rings is 1. The predicted octanol–water partition coefficient (Wildman–Crippen LogP) is 4.56. The Kier molecular flexibility index (Phi) is 7.01. The van der Waals surface area contributed by atoms with Crippen molar-refractivity contribution in [3.63, 3.8) is 0 Å². The molecule has 178 valence electrons. The summed E-state index contributed by atoms with van der Waals surface area (Å²) in [4.78, 5) is 9.51. The Balaban J connectivity index is 1.53. The van der Waals surface area contributed by atoms with E-state index < -0.39 is 0 Å². The van der Waals surface area contributed by atoms with E-state index in [1.807, 2.05) is 24.4 Å². The van der Waals surface area contributed by atoms with Crippen molar-refractivity contribution in [1.82, 2.24) is 24.7 Å². The number of hydrogen-bond donors (Lipinski definition) is 1. The second-order valence-corrected chi connectivity index (χ2v) is 10.1. The molecular formula is C26H30BrN5OS. The van der Waals surface area contributed by atoms with E-state index >= 15 is 0 Å². The highest BCUT2D eigenvalue weighted by molar-refractivity contribution is 9.10. The van der Waals surface area contributed by atoms with Crippen LogP contribution in [0, 0.1) is 13.8 Å². The molecule has 34 heavy (non-hydrogen) atoms. The largest absolute Gasteiger partial charge is 0.379 e. The zero-order chi connectivity index (χ0) is 23.7. The Morgan fingerprint density at radius 1 is 1.09 bits per heavy atom. The molecule has 0 aliphatic carbocycles. The molecule has 2 aliphatic rings. The lowest BCUT2D eigenvalue weighted by molar-refractivity contribution is 0.0350. The third kappa shape index (κ3) is 4.52. The van der Waals surface area contributed by atoms with Crippen LogP contribution in [0.15, 0.2) is 59.2 Å². The number of aromatic nitrogens is 2. The van der Waals surface area contributed by atoms with Gasteiger partial charge in [0.05, 0.1) is 36.7 Å². The summed E-state index contributed by atoms with van der Waals surface area (Å²) in [5.41, 5.74) is 5.85. The van der Waals surface area contributed by atoms with Gasteiger partial charge >= 0.3 is 0 Å². The minimum absolute atomic E-state index is 0.00782. The monoisotopic (exact) mass is 539 g/mol. The zero-order valence-corrected chi connectivity index (χ0v) is 22.0. The third-order valence-electron chi connectivity index (χ3n) is 6.84. The number of para-hydroxylation sites is 1. The molecule has 5 rings (SSSR count). The summed E-state index contributed by atoms with van der Waals surface area (Å²) in [6.07, 6.45) is 1.86. The van der Waals surface area contributed by atoms with E-state index in [1.54, 1.807) is 0 Å². The zero-order valence-electron chi connectivity index (χ0n) is 19.6. The van der Waals surface area contributed by atoms with Crippen molar-refractivity contribution in [2.45, 2.75) is 25.9 Å². The van der Waals surface area contributed by atoms with Crippen molar-refractivity contribution in [3.05, 3.63) is 81.8 Å². The average Bonchev–Trinajstić information content (AvgIpc) is 3.34. The number of pyridine rings is 1. The molecule has 2 aromatic heterocycles. The van der Waals surface area contributed by atoms with Crippen molar-refractivity contribution >= 4 is 33.3 Å². The first-order valence-electron chi connectivity index (χ1n) is 11.8. The molecule has 1 aromatic carbocycles. The van der Waals surface area contributed by atoms with Crippen molar-refractivity contribution in [3.8, 4) is 5.69 Å². The van der Waals surface area contributed by atoms with Gasteiger partial charge in [0.2, 0.25) is 0 Å². The van der Waals surface area contributed by atoms with Crippen LogP contribution in [0.1, 0.15) is 34.7 Å². The molecule has 8 heteroatoms. The molecule has 6 nitrogen and oxygen atoms in total. The Labute approximate surface area is 215 Å². The summed E-state index contributed by atoms with van der Waals surface area (Å²) in [5, 5.41) is 4.39. The van der Waals surface area contributed by atoms with Crippen LogP contribution < -0.4 is 5.32 Å². The first kappa shape index (κ1) is 23.5. The molecule has 0 radical (unpaired) electrons. The van der Waals surface area contributed by atoms with Gasteiger partial charge in [-0.3, -0.25) is 9.88 Å². The highest BCUT2D eigenvalue weighted by atomic mass is 79.9. The van der Waals surface area contributed by atoms with E-state index in [2.05, 4.69) is 79.8 Å². The Morgan fingerprint density at radius 2 is 1.85 bits per heavy atom. The summed E-state index contributed by atoms with van der Waals surface area (Å²) in [7, 11) is 0. The van der Waals surface area contributed by atoms with Crippen LogP contribution in [0.3, 0.4) is 0 Å². The van der Waals surface area contributed by atoms with Crippen LogP contribution in [0.25, 0.3) is 5.69 Å². The van der Waals surface area contributed by atoms with Crippen LogP contribution in [-0.2, 0) is 4.74 Å². The number of thiocarbonyl (C=S) groups is 1. The second kappa shape index (κ2) is 10.2. The maximum absolute atomic E-state index is 5.89. The van der Waals surface area contributed by atoms with E-state index in [9.17, 15) is 0 Å². The molecule has 0 amide bonds. The van der Waals surface area contributed by atoms with Crippen LogP contribution >= 0.6 is 28.1 Å². The quantitative estimate of drug-likeness (QED) is 0.463. The molecule has 0 bridgehead atoms. The number of rotatable bonds is 6.